The molecule has 1 N–H and O–H groups in total. The lowest BCUT2D eigenvalue weighted by Crippen LogP contribution is -2.43. The average molecular weight is 313 g/mol. The molecular weight excluding hydrogens is 276 g/mol. The molecule has 3 heteroatoms. The van der Waals surface area contributed by atoms with Gasteiger partial charge in [-0.3, -0.25) is 4.99 Å². The fraction of sp³-hybridized carbons (Fsp3) is 0.944. The van der Waals surface area contributed by atoms with Crippen LogP contribution in [0.15, 0.2) is 4.99 Å². The number of amidine groups is 1. The van der Waals surface area contributed by atoms with Crippen LogP contribution in [0.4, 0.5) is 0 Å². The minimum absolute atomic E-state index is 0.0805. The Balaban J connectivity index is 3.03. The summed E-state index contributed by atoms with van der Waals surface area (Å²) in [6.45, 7) is 16.1. The van der Waals surface area contributed by atoms with E-state index in [1.165, 1.54) is 19.3 Å². The number of nitrogens with one attached hydrogen (secondary N) is 1. The number of aliphatic imine (C=N–C) groups is 1. The van der Waals surface area contributed by atoms with Gasteiger partial charge in [-0.1, -0.05) is 45.9 Å². The standard InChI is InChI=1S/C18H36N2S/c1-12(2)14-10-9-11-15(13(3)4)16(14)19-17(21-8)20-18(5,6)7/h12-16H,9-11H2,1-8H3,(H,19,20). The molecule has 0 aliphatic heterocycles. The average Bonchev–Trinajstić information content (AvgIpc) is 2.35. The SMILES string of the molecule is CSC(=NC1C(C(C)C)CCCC1C(C)C)NC(C)(C)C. The van der Waals surface area contributed by atoms with Crippen LogP contribution in [-0.4, -0.2) is 23.0 Å². The van der Waals surface area contributed by atoms with E-state index < -0.39 is 0 Å². The molecular formula is C18H36N2S. The topological polar surface area (TPSA) is 24.4 Å². The normalized spacial score (nSPS) is 28.3. The molecule has 0 aromatic rings. The van der Waals surface area contributed by atoms with Crippen molar-refractivity contribution in [2.75, 3.05) is 6.26 Å². The third-order valence-corrected chi connectivity index (χ3v) is 5.20. The minimum Gasteiger partial charge on any atom is -0.360 e. The first kappa shape index (κ1) is 18.9. The maximum absolute atomic E-state index is 5.21. The predicted molar refractivity (Wildman–Crippen MR) is 98.1 cm³/mol. The molecule has 1 saturated carbocycles. The van der Waals surface area contributed by atoms with E-state index in [1.54, 1.807) is 11.8 Å². The molecule has 21 heavy (non-hydrogen) atoms. The van der Waals surface area contributed by atoms with Crippen LogP contribution in [-0.2, 0) is 0 Å². The van der Waals surface area contributed by atoms with Gasteiger partial charge in [-0.15, -0.1) is 0 Å². The van der Waals surface area contributed by atoms with Gasteiger partial charge in [0.1, 0.15) is 0 Å². The minimum atomic E-state index is 0.0805. The van der Waals surface area contributed by atoms with Crippen LogP contribution >= 0.6 is 11.8 Å². The summed E-state index contributed by atoms with van der Waals surface area (Å²) in [6.07, 6.45) is 6.19. The van der Waals surface area contributed by atoms with E-state index in [4.69, 9.17) is 4.99 Å². The van der Waals surface area contributed by atoms with Gasteiger partial charge in [-0.05, 0) is 63.5 Å². The number of nitrogens with zero attached hydrogens (tertiary/aromatic N) is 1. The smallest absolute Gasteiger partial charge is 0.156 e. The molecule has 2 nitrogen and oxygen atoms in total. The summed E-state index contributed by atoms with van der Waals surface area (Å²) < 4.78 is 0. The Morgan fingerprint density at radius 2 is 1.52 bits per heavy atom. The highest BCUT2D eigenvalue weighted by molar-refractivity contribution is 8.13. The first-order valence-electron chi connectivity index (χ1n) is 8.55. The zero-order valence-corrected chi connectivity index (χ0v) is 16.2. The van der Waals surface area contributed by atoms with Crippen molar-refractivity contribution in [2.24, 2.45) is 28.7 Å². The molecule has 1 rings (SSSR count). The largest absolute Gasteiger partial charge is 0.360 e. The second-order valence-corrected chi connectivity index (χ2v) is 9.05. The molecule has 1 fully saturated rings. The van der Waals surface area contributed by atoms with E-state index >= 15 is 0 Å². The number of hydrogen-bond donors (Lipinski definition) is 1. The van der Waals surface area contributed by atoms with E-state index in [-0.39, 0.29) is 5.54 Å². The maximum Gasteiger partial charge on any atom is 0.156 e. The van der Waals surface area contributed by atoms with Gasteiger partial charge >= 0.3 is 0 Å². The molecule has 1 aliphatic carbocycles. The molecule has 0 saturated heterocycles. The van der Waals surface area contributed by atoms with Crippen LogP contribution in [0.25, 0.3) is 0 Å². The second-order valence-electron chi connectivity index (χ2n) is 8.25. The zero-order chi connectivity index (χ0) is 16.2. The van der Waals surface area contributed by atoms with Crippen LogP contribution in [0.2, 0.25) is 0 Å². The lowest BCUT2D eigenvalue weighted by molar-refractivity contribution is 0.142. The van der Waals surface area contributed by atoms with Gasteiger partial charge in [0.05, 0.1) is 6.04 Å². The van der Waals surface area contributed by atoms with Crippen molar-refractivity contribution in [3.63, 3.8) is 0 Å². The highest BCUT2D eigenvalue weighted by atomic mass is 32.2. The zero-order valence-electron chi connectivity index (χ0n) is 15.4. The molecule has 0 amide bonds. The molecule has 0 aromatic carbocycles. The van der Waals surface area contributed by atoms with E-state index in [1.807, 2.05) is 0 Å². The van der Waals surface area contributed by atoms with Gasteiger partial charge in [0, 0.05) is 5.54 Å². The van der Waals surface area contributed by atoms with Crippen molar-refractivity contribution in [3.05, 3.63) is 0 Å². The summed E-state index contributed by atoms with van der Waals surface area (Å²) in [4.78, 5) is 5.21. The molecule has 0 spiro atoms. The van der Waals surface area contributed by atoms with Crippen molar-refractivity contribution < 1.29 is 0 Å². The third kappa shape index (κ3) is 5.84. The molecule has 2 unspecified atom stereocenters. The van der Waals surface area contributed by atoms with Crippen LogP contribution in [0.3, 0.4) is 0 Å². The van der Waals surface area contributed by atoms with Crippen molar-refractivity contribution in [1.82, 2.24) is 5.32 Å². The Labute approximate surface area is 137 Å². The van der Waals surface area contributed by atoms with Crippen molar-refractivity contribution in [3.8, 4) is 0 Å². The highest BCUT2D eigenvalue weighted by Gasteiger charge is 2.36. The Kier molecular flexibility index (Phi) is 7.09. The molecule has 1 aliphatic rings. The molecule has 124 valence electrons. The number of rotatable bonds is 3. The van der Waals surface area contributed by atoms with Crippen LogP contribution in [0.5, 0.6) is 0 Å². The van der Waals surface area contributed by atoms with Gasteiger partial charge in [-0.25, -0.2) is 0 Å². The van der Waals surface area contributed by atoms with E-state index in [2.05, 4.69) is 60.0 Å². The molecule has 0 bridgehead atoms. The summed E-state index contributed by atoms with van der Waals surface area (Å²) in [7, 11) is 0. The van der Waals surface area contributed by atoms with Gasteiger partial charge in [0.25, 0.3) is 0 Å². The summed E-state index contributed by atoms with van der Waals surface area (Å²) in [6, 6.07) is 0.482. The van der Waals surface area contributed by atoms with E-state index in [0.717, 1.165) is 28.8 Å². The first-order chi connectivity index (χ1) is 9.65. The molecule has 0 radical (unpaired) electrons. The number of thioether (sulfide) groups is 1. The van der Waals surface area contributed by atoms with E-state index in [9.17, 15) is 0 Å². The monoisotopic (exact) mass is 312 g/mol. The van der Waals surface area contributed by atoms with Crippen LogP contribution in [0, 0.1) is 23.7 Å². The van der Waals surface area contributed by atoms with E-state index in [0.29, 0.717) is 6.04 Å². The molecule has 0 aromatic heterocycles. The number of hydrogen-bond acceptors (Lipinski definition) is 2. The van der Waals surface area contributed by atoms with Crippen molar-refractivity contribution >= 4 is 16.9 Å². The first-order valence-corrected chi connectivity index (χ1v) is 9.78. The Morgan fingerprint density at radius 3 is 1.86 bits per heavy atom. The van der Waals surface area contributed by atoms with Crippen molar-refractivity contribution in [1.29, 1.82) is 0 Å². The fourth-order valence-electron chi connectivity index (χ4n) is 3.49. The Bertz CT molecular complexity index is 326. The van der Waals surface area contributed by atoms with Gasteiger partial charge in [-0.2, -0.15) is 0 Å². The lowest BCUT2D eigenvalue weighted by Gasteiger charge is -2.40. The summed E-state index contributed by atoms with van der Waals surface area (Å²) in [5, 5.41) is 4.70. The van der Waals surface area contributed by atoms with Crippen molar-refractivity contribution in [2.45, 2.75) is 79.3 Å². The quantitative estimate of drug-likeness (QED) is 0.573. The highest BCUT2D eigenvalue weighted by Crippen LogP contribution is 2.40. The molecule has 0 heterocycles. The summed E-state index contributed by atoms with van der Waals surface area (Å²) in [5.41, 5.74) is 0.0805. The predicted octanol–water partition coefficient (Wildman–Crippen LogP) is 5.19. The summed E-state index contributed by atoms with van der Waals surface area (Å²) in [5.74, 6) is 2.90. The van der Waals surface area contributed by atoms with Crippen LogP contribution in [0.1, 0.15) is 67.7 Å². The lowest BCUT2D eigenvalue weighted by atomic mass is 9.69. The Hall–Kier alpha value is -0.180. The molecule has 2 atom stereocenters. The third-order valence-electron chi connectivity index (χ3n) is 4.61. The summed E-state index contributed by atoms with van der Waals surface area (Å²) >= 11 is 1.76. The van der Waals surface area contributed by atoms with Crippen LogP contribution < -0.4 is 5.32 Å². The fourth-order valence-corrected chi connectivity index (χ4v) is 4.12. The second kappa shape index (κ2) is 7.89. The maximum atomic E-state index is 5.21. The van der Waals surface area contributed by atoms with Gasteiger partial charge < -0.3 is 5.32 Å². The van der Waals surface area contributed by atoms with Gasteiger partial charge in [0.2, 0.25) is 0 Å². The van der Waals surface area contributed by atoms with Gasteiger partial charge in [0.15, 0.2) is 5.17 Å². The Morgan fingerprint density at radius 1 is 1.05 bits per heavy atom.